The Hall–Kier alpha value is -1.14. The van der Waals surface area contributed by atoms with Crippen molar-refractivity contribution in [3.63, 3.8) is 0 Å². The van der Waals surface area contributed by atoms with Gasteiger partial charge < -0.3 is 19.3 Å². The molecule has 0 N–H and O–H groups in total. The first kappa shape index (κ1) is 13.3. The Morgan fingerprint density at radius 2 is 2.33 bits per heavy atom. The summed E-state index contributed by atoms with van der Waals surface area (Å²) in [6.07, 6.45) is 1.37. The van der Waals surface area contributed by atoms with Crippen molar-refractivity contribution in [3.8, 4) is 0 Å². The number of rotatable bonds is 4. The molecule has 2 aliphatic rings. The van der Waals surface area contributed by atoms with Crippen LogP contribution < -0.4 is 0 Å². The van der Waals surface area contributed by atoms with Gasteiger partial charge in [0.15, 0.2) is 0 Å². The van der Waals surface area contributed by atoms with Gasteiger partial charge in [-0.15, -0.1) is 0 Å². The minimum Gasteiger partial charge on any atom is -0.383 e. The quantitative estimate of drug-likeness (QED) is 0.679. The van der Waals surface area contributed by atoms with Gasteiger partial charge in [-0.05, 0) is 12.8 Å². The number of carbonyl (C=O) groups is 2. The molecule has 0 bridgehead atoms. The maximum Gasteiger partial charge on any atom is 0.252 e. The normalized spacial score (nSPS) is 24.7. The molecule has 102 valence electrons. The Kier molecular flexibility index (Phi) is 4.54. The second kappa shape index (κ2) is 6.15. The van der Waals surface area contributed by atoms with Crippen LogP contribution in [0.25, 0.3) is 0 Å². The van der Waals surface area contributed by atoms with E-state index in [1.165, 1.54) is 0 Å². The molecule has 0 spiro atoms. The van der Waals surface area contributed by atoms with Crippen LogP contribution in [0.1, 0.15) is 12.8 Å². The van der Waals surface area contributed by atoms with Gasteiger partial charge in [-0.3, -0.25) is 9.59 Å². The number of nitrogens with zero attached hydrogens (tertiary/aromatic N) is 2. The molecular formula is C12H20N2O4. The zero-order chi connectivity index (χ0) is 13.0. The average Bonchev–Trinajstić information content (AvgIpc) is 2.90. The van der Waals surface area contributed by atoms with Crippen LogP contribution in [0.5, 0.6) is 0 Å². The van der Waals surface area contributed by atoms with Gasteiger partial charge in [0.25, 0.3) is 5.91 Å². The molecule has 2 saturated heterocycles. The molecule has 18 heavy (non-hydrogen) atoms. The molecule has 2 rings (SSSR count). The molecule has 6 nitrogen and oxygen atoms in total. The standard InChI is InChI=1S/C12H20N2O4/c1-17-8-6-13-4-5-14(9-11(13)15)12(16)10-3-2-7-18-10/h10H,2-9H2,1H3. The molecule has 2 fully saturated rings. The zero-order valence-corrected chi connectivity index (χ0v) is 10.8. The Balaban J connectivity index is 1.83. The van der Waals surface area contributed by atoms with E-state index in [-0.39, 0.29) is 24.5 Å². The van der Waals surface area contributed by atoms with Gasteiger partial charge in [0, 0.05) is 33.4 Å². The van der Waals surface area contributed by atoms with Crippen molar-refractivity contribution in [1.82, 2.24) is 9.80 Å². The molecule has 0 aromatic rings. The van der Waals surface area contributed by atoms with Crippen LogP contribution in [0.4, 0.5) is 0 Å². The van der Waals surface area contributed by atoms with Gasteiger partial charge in [-0.2, -0.15) is 0 Å². The molecule has 2 aliphatic heterocycles. The number of hydrogen-bond acceptors (Lipinski definition) is 4. The van der Waals surface area contributed by atoms with Crippen LogP contribution in [0, 0.1) is 0 Å². The molecule has 0 aromatic heterocycles. The minimum absolute atomic E-state index is 0.00959. The summed E-state index contributed by atoms with van der Waals surface area (Å²) in [5.41, 5.74) is 0. The lowest BCUT2D eigenvalue weighted by Gasteiger charge is -2.35. The highest BCUT2D eigenvalue weighted by molar-refractivity contribution is 5.88. The Morgan fingerprint density at radius 3 is 2.94 bits per heavy atom. The van der Waals surface area contributed by atoms with Gasteiger partial charge in [-0.25, -0.2) is 0 Å². The Bertz CT molecular complexity index is 315. The van der Waals surface area contributed by atoms with Crippen LogP contribution >= 0.6 is 0 Å². The van der Waals surface area contributed by atoms with Crippen molar-refractivity contribution in [1.29, 1.82) is 0 Å². The first-order valence-electron chi connectivity index (χ1n) is 6.39. The summed E-state index contributed by atoms with van der Waals surface area (Å²) in [6, 6.07) is 0. The second-order valence-electron chi connectivity index (χ2n) is 4.64. The molecule has 2 heterocycles. The number of piperazine rings is 1. The highest BCUT2D eigenvalue weighted by Gasteiger charge is 2.32. The fourth-order valence-electron chi connectivity index (χ4n) is 2.31. The minimum atomic E-state index is -0.330. The number of hydrogen-bond donors (Lipinski definition) is 0. The highest BCUT2D eigenvalue weighted by atomic mass is 16.5. The number of ether oxygens (including phenoxy) is 2. The van der Waals surface area contributed by atoms with Gasteiger partial charge in [-0.1, -0.05) is 0 Å². The topological polar surface area (TPSA) is 59.1 Å². The van der Waals surface area contributed by atoms with Crippen LogP contribution in [0.15, 0.2) is 0 Å². The fraction of sp³-hybridized carbons (Fsp3) is 0.833. The van der Waals surface area contributed by atoms with E-state index in [0.29, 0.717) is 32.8 Å². The summed E-state index contributed by atoms with van der Waals surface area (Å²) in [4.78, 5) is 27.3. The Labute approximate surface area is 107 Å². The molecule has 1 unspecified atom stereocenters. The molecule has 0 aliphatic carbocycles. The maximum absolute atomic E-state index is 12.1. The Morgan fingerprint density at radius 1 is 1.50 bits per heavy atom. The maximum atomic E-state index is 12.1. The van der Waals surface area contributed by atoms with E-state index < -0.39 is 0 Å². The van der Waals surface area contributed by atoms with Gasteiger partial charge in [0.05, 0.1) is 13.2 Å². The van der Waals surface area contributed by atoms with Gasteiger partial charge in [0.2, 0.25) is 5.91 Å². The number of carbonyl (C=O) groups excluding carboxylic acids is 2. The van der Waals surface area contributed by atoms with Crippen molar-refractivity contribution in [2.45, 2.75) is 18.9 Å². The third kappa shape index (κ3) is 3.00. The van der Waals surface area contributed by atoms with E-state index in [1.807, 2.05) is 0 Å². The summed E-state index contributed by atoms with van der Waals surface area (Å²) in [5, 5.41) is 0. The van der Waals surface area contributed by atoms with Crippen molar-refractivity contribution in [3.05, 3.63) is 0 Å². The van der Waals surface area contributed by atoms with Gasteiger partial charge in [0.1, 0.15) is 6.10 Å². The van der Waals surface area contributed by atoms with Crippen LogP contribution in [0.3, 0.4) is 0 Å². The molecule has 0 saturated carbocycles. The lowest BCUT2D eigenvalue weighted by Crippen LogP contribution is -2.54. The molecule has 1 atom stereocenters. The van der Waals surface area contributed by atoms with Crippen molar-refractivity contribution >= 4 is 11.8 Å². The molecule has 2 amide bonds. The lowest BCUT2D eigenvalue weighted by molar-refractivity contribution is -0.151. The highest BCUT2D eigenvalue weighted by Crippen LogP contribution is 2.16. The molecular weight excluding hydrogens is 236 g/mol. The first-order valence-corrected chi connectivity index (χ1v) is 6.39. The summed E-state index contributed by atoms with van der Waals surface area (Å²) in [7, 11) is 1.61. The number of methoxy groups -OCH3 is 1. The van der Waals surface area contributed by atoms with E-state index in [4.69, 9.17) is 9.47 Å². The third-order valence-corrected chi connectivity index (χ3v) is 3.40. The predicted molar refractivity (Wildman–Crippen MR) is 64.0 cm³/mol. The first-order chi connectivity index (χ1) is 8.72. The van der Waals surface area contributed by atoms with Gasteiger partial charge >= 0.3 is 0 Å². The second-order valence-corrected chi connectivity index (χ2v) is 4.64. The third-order valence-electron chi connectivity index (χ3n) is 3.40. The zero-order valence-electron chi connectivity index (χ0n) is 10.8. The monoisotopic (exact) mass is 256 g/mol. The van der Waals surface area contributed by atoms with E-state index in [2.05, 4.69) is 0 Å². The van der Waals surface area contributed by atoms with Crippen molar-refractivity contribution in [2.75, 3.05) is 46.5 Å². The van der Waals surface area contributed by atoms with E-state index in [9.17, 15) is 9.59 Å². The molecule has 0 aromatic carbocycles. The van der Waals surface area contributed by atoms with Crippen molar-refractivity contribution < 1.29 is 19.1 Å². The average molecular weight is 256 g/mol. The summed E-state index contributed by atoms with van der Waals surface area (Å²) >= 11 is 0. The molecule has 6 heteroatoms. The largest absolute Gasteiger partial charge is 0.383 e. The fourth-order valence-corrected chi connectivity index (χ4v) is 2.31. The predicted octanol–water partition coefficient (Wildman–Crippen LogP) is -0.517. The van der Waals surface area contributed by atoms with Crippen LogP contribution in [-0.4, -0.2) is 74.2 Å². The van der Waals surface area contributed by atoms with E-state index in [0.717, 1.165) is 12.8 Å². The van der Waals surface area contributed by atoms with E-state index >= 15 is 0 Å². The SMILES string of the molecule is COCCN1CCN(C(=O)C2CCCO2)CC1=O. The van der Waals surface area contributed by atoms with Crippen LogP contribution in [-0.2, 0) is 19.1 Å². The summed E-state index contributed by atoms with van der Waals surface area (Å²) in [5.74, 6) is -0.0445. The summed E-state index contributed by atoms with van der Waals surface area (Å²) in [6.45, 7) is 3.12. The van der Waals surface area contributed by atoms with Crippen molar-refractivity contribution in [2.24, 2.45) is 0 Å². The molecule has 0 radical (unpaired) electrons. The lowest BCUT2D eigenvalue weighted by atomic mass is 10.2. The van der Waals surface area contributed by atoms with Crippen LogP contribution in [0.2, 0.25) is 0 Å². The smallest absolute Gasteiger partial charge is 0.252 e. The van der Waals surface area contributed by atoms with E-state index in [1.54, 1.807) is 16.9 Å². The number of amides is 2. The summed E-state index contributed by atoms with van der Waals surface area (Å²) < 4.78 is 10.3.